The lowest BCUT2D eigenvalue weighted by Crippen LogP contribution is -2.48. The monoisotopic (exact) mass is 409 g/mol. The molecule has 3 heterocycles. The fraction of sp³-hybridized carbons (Fsp3) is 0.545. The molecule has 3 aromatic rings. The average molecular weight is 410 g/mol. The van der Waals surface area contributed by atoms with E-state index in [1.807, 2.05) is 17.7 Å². The van der Waals surface area contributed by atoms with Crippen LogP contribution in [0.5, 0.6) is 0 Å². The van der Waals surface area contributed by atoms with Crippen LogP contribution >= 0.6 is 0 Å². The molecule has 1 N–H and O–H groups in total. The summed E-state index contributed by atoms with van der Waals surface area (Å²) < 4.78 is 1.85. The summed E-state index contributed by atoms with van der Waals surface area (Å²) in [7, 11) is 2.12. The Morgan fingerprint density at radius 2 is 1.77 bits per heavy atom. The van der Waals surface area contributed by atoms with Crippen LogP contribution in [0.25, 0.3) is 10.9 Å². The fourth-order valence-electron chi connectivity index (χ4n) is 4.33. The van der Waals surface area contributed by atoms with E-state index in [-0.39, 0.29) is 17.1 Å². The van der Waals surface area contributed by atoms with Gasteiger partial charge in [-0.25, -0.2) is 4.68 Å². The molecule has 4 rings (SSSR count). The molecule has 0 bridgehead atoms. The Hall–Kier alpha value is -2.58. The number of piperazine rings is 1. The maximum Gasteiger partial charge on any atom is 0.253 e. The summed E-state index contributed by atoms with van der Waals surface area (Å²) in [6.07, 6.45) is 0. The van der Waals surface area contributed by atoms with Gasteiger partial charge in [-0.15, -0.1) is 5.10 Å². The third kappa shape index (κ3) is 3.77. The van der Waals surface area contributed by atoms with Crippen molar-refractivity contribution in [2.45, 2.75) is 46.2 Å². The number of pyridine rings is 1. The van der Waals surface area contributed by atoms with Gasteiger partial charge in [0.05, 0.1) is 11.1 Å². The molecule has 2 aromatic heterocycles. The number of rotatable bonds is 3. The predicted octanol–water partition coefficient (Wildman–Crippen LogP) is 2.22. The molecule has 1 aliphatic rings. The van der Waals surface area contributed by atoms with Crippen molar-refractivity contribution in [3.05, 3.63) is 51.1 Å². The van der Waals surface area contributed by atoms with Crippen LogP contribution in [0.3, 0.4) is 0 Å². The van der Waals surface area contributed by atoms with Gasteiger partial charge in [-0.2, -0.15) is 0 Å². The molecular weight excluding hydrogens is 378 g/mol. The van der Waals surface area contributed by atoms with Crippen molar-refractivity contribution in [3.63, 3.8) is 0 Å². The van der Waals surface area contributed by atoms with E-state index >= 15 is 0 Å². The maximum absolute atomic E-state index is 13.3. The van der Waals surface area contributed by atoms with Crippen molar-refractivity contribution in [3.8, 4) is 0 Å². The Morgan fingerprint density at radius 1 is 1.07 bits per heavy atom. The van der Waals surface area contributed by atoms with Gasteiger partial charge in [0.25, 0.3) is 5.56 Å². The first-order chi connectivity index (χ1) is 14.1. The minimum absolute atomic E-state index is 0.0816. The molecule has 160 valence electrons. The smallest absolute Gasteiger partial charge is 0.253 e. The molecule has 0 aliphatic carbocycles. The van der Waals surface area contributed by atoms with Crippen molar-refractivity contribution in [2.75, 3.05) is 33.2 Å². The van der Waals surface area contributed by atoms with E-state index in [4.69, 9.17) is 0 Å². The molecule has 1 aromatic carbocycles. The Balaban J connectivity index is 1.92. The van der Waals surface area contributed by atoms with Gasteiger partial charge in [0, 0.05) is 31.7 Å². The highest BCUT2D eigenvalue weighted by Gasteiger charge is 2.34. The SMILES string of the molecule is Cc1cc(C)c2[nH]c(=O)c(C(c3nnnn3C(C)(C)C)N3CCN(C)CC3)cc2c1. The second kappa shape index (κ2) is 7.59. The fourth-order valence-corrected chi connectivity index (χ4v) is 4.33. The quantitative estimate of drug-likeness (QED) is 0.714. The minimum atomic E-state index is -0.304. The largest absolute Gasteiger partial charge is 0.321 e. The van der Waals surface area contributed by atoms with Crippen LogP contribution in [-0.2, 0) is 5.54 Å². The van der Waals surface area contributed by atoms with Gasteiger partial charge in [0.1, 0.15) is 6.04 Å². The Bertz CT molecular complexity index is 1120. The number of nitrogens with one attached hydrogen (secondary N) is 1. The van der Waals surface area contributed by atoms with Crippen molar-refractivity contribution >= 4 is 10.9 Å². The van der Waals surface area contributed by atoms with Gasteiger partial charge in [0.15, 0.2) is 5.82 Å². The number of likely N-dealkylation sites (N-methyl/N-ethyl adjacent to an activating group) is 1. The Labute approximate surface area is 176 Å². The summed E-state index contributed by atoms with van der Waals surface area (Å²) in [6.45, 7) is 13.9. The molecule has 0 saturated carbocycles. The van der Waals surface area contributed by atoms with Crippen LogP contribution in [0.2, 0.25) is 0 Å². The molecule has 30 heavy (non-hydrogen) atoms. The number of hydrogen-bond donors (Lipinski definition) is 1. The summed E-state index contributed by atoms with van der Waals surface area (Å²) in [5, 5.41) is 13.7. The standard InChI is InChI=1S/C22H31N7O/c1-14-11-15(2)18-16(12-14)13-17(21(30)23-18)19(28-9-7-27(6)8-10-28)20-24-25-26-29(20)22(3,4)5/h11-13,19H,7-10H2,1-6H3,(H,23,30). The second-order valence-electron chi connectivity index (χ2n) is 9.46. The Morgan fingerprint density at radius 3 is 2.43 bits per heavy atom. The predicted molar refractivity (Wildman–Crippen MR) is 118 cm³/mol. The second-order valence-corrected chi connectivity index (χ2v) is 9.46. The molecule has 8 nitrogen and oxygen atoms in total. The highest BCUT2D eigenvalue weighted by molar-refractivity contribution is 5.83. The van der Waals surface area contributed by atoms with E-state index in [0.29, 0.717) is 11.4 Å². The number of aryl methyl sites for hydroxylation is 2. The van der Waals surface area contributed by atoms with Crippen molar-refractivity contribution in [1.82, 2.24) is 35.0 Å². The van der Waals surface area contributed by atoms with Gasteiger partial charge in [0.2, 0.25) is 0 Å². The minimum Gasteiger partial charge on any atom is -0.321 e. The number of hydrogen-bond acceptors (Lipinski definition) is 6. The zero-order chi connectivity index (χ0) is 21.6. The van der Waals surface area contributed by atoms with E-state index in [0.717, 1.165) is 42.6 Å². The zero-order valence-corrected chi connectivity index (χ0v) is 18.7. The van der Waals surface area contributed by atoms with Crippen LogP contribution < -0.4 is 5.56 Å². The number of nitrogens with zero attached hydrogens (tertiary/aromatic N) is 6. The van der Waals surface area contributed by atoms with E-state index in [1.165, 1.54) is 5.56 Å². The van der Waals surface area contributed by atoms with Gasteiger partial charge in [-0.05, 0) is 75.2 Å². The molecule has 1 saturated heterocycles. The van der Waals surface area contributed by atoms with E-state index in [9.17, 15) is 4.79 Å². The van der Waals surface area contributed by atoms with Crippen LogP contribution in [0, 0.1) is 13.8 Å². The highest BCUT2D eigenvalue weighted by Crippen LogP contribution is 2.30. The molecular formula is C22H31N7O. The summed E-state index contributed by atoms with van der Waals surface area (Å²) in [5.41, 5.74) is 3.46. The number of tetrazole rings is 1. The first-order valence-electron chi connectivity index (χ1n) is 10.5. The summed E-state index contributed by atoms with van der Waals surface area (Å²) in [5.74, 6) is 0.710. The van der Waals surface area contributed by atoms with Gasteiger partial charge >= 0.3 is 0 Å². The first kappa shape index (κ1) is 20.7. The third-order valence-electron chi connectivity index (χ3n) is 5.89. The lowest BCUT2D eigenvalue weighted by atomic mass is 9.99. The van der Waals surface area contributed by atoms with Crippen LogP contribution in [-0.4, -0.2) is 68.2 Å². The molecule has 0 spiro atoms. The van der Waals surface area contributed by atoms with Crippen molar-refractivity contribution in [1.29, 1.82) is 0 Å². The number of benzene rings is 1. The van der Waals surface area contributed by atoms with E-state index in [1.54, 1.807) is 0 Å². The van der Waals surface area contributed by atoms with Gasteiger partial charge in [-0.1, -0.05) is 11.6 Å². The van der Waals surface area contributed by atoms with Crippen molar-refractivity contribution < 1.29 is 0 Å². The van der Waals surface area contributed by atoms with Crippen LogP contribution in [0.1, 0.15) is 49.3 Å². The Kier molecular flexibility index (Phi) is 5.23. The third-order valence-corrected chi connectivity index (χ3v) is 5.89. The van der Waals surface area contributed by atoms with Gasteiger partial charge in [-0.3, -0.25) is 9.69 Å². The molecule has 1 aliphatic heterocycles. The first-order valence-corrected chi connectivity index (χ1v) is 10.5. The maximum atomic E-state index is 13.3. The van der Waals surface area contributed by atoms with E-state index in [2.05, 4.69) is 77.2 Å². The molecule has 0 radical (unpaired) electrons. The van der Waals surface area contributed by atoms with Crippen LogP contribution in [0.15, 0.2) is 23.0 Å². The summed E-state index contributed by atoms with van der Waals surface area (Å²) in [4.78, 5) is 21.1. The molecule has 8 heteroatoms. The summed E-state index contributed by atoms with van der Waals surface area (Å²) >= 11 is 0. The lowest BCUT2D eigenvalue weighted by Gasteiger charge is -2.38. The van der Waals surface area contributed by atoms with Gasteiger partial charge < -0.3 is 9.88 Å². The number of fused-ring (bicyclic) bond motifs is 1. The molecule has 1 fully saturated rings. The molecule has 1 atom stereocenters. The molecule has 1 unspecified atom stereocenters. The highest BCUT2D eigenvalue weighted by atomic mass is 16.1. The summed E-state index contributed by atoms with van der Waals surface area (Å²) in [6, 6.07) is 5.94. The lowest BCUT2D eigenvalue weighted by molar-refractivity contribution is 0.118. The number of aromatic nitrogens is 5. The average Bonchev–Trinajstić information content (AvgIpc) is 3.14. The van der Waals surface area contributed by atoms with Crippen LogP contribution in [0.4, 0.5) is 0 Å². The number of aromatic amines is 1. The topological polar surface area (TPSA) is 82.9 Å². The molecule has 0 amide bonds. The van der Waals surface area contributed by atoms with Crippen molar-refractivity contribution in [2.24, 2.45) is 0 Å². The normalized spacial score (nSPS) is 17.5. The zero-order valence-electron chi connectivity index (χ0n) is 18.7. The van der Waals surface area contributed by atoms with E-state index < -0.39 is 0 Å². The number of H-pyrrole nitrogens is 1.